The van der Waals surface area contributed by atoms with E-state index in [1.807, 2.05) is 0 Å². The first-order chi connectivity index (χ1) is 11.9. The Morgan fingerprint density at radius 3 is 2.32 bits per heavy atom. The Morgan fingerprint density at radius 2 is 1.72 bits per heavy atom. The molecule has 132 valence electrons. The minimum atomic E-state index is -3.60. The Bertz CT molecular complexity index is 879. The summed E-state index contributed by atoms with van der Waals surface area (Å²) in [7, 11) is -3.60. The van der Waals surface area contributed by atoms with Crippen LogP contribution in [0, 0.1) is 0 Å². The third-order valence-electron chi connectivity index (χ3n) is 4.06. The highest BCUT2D eigenvalue weighted by Crippen LogP contribution is 2.21. The van der Waals surface area contributed by atoms with Gasteiger partial charge in [-0.3, -0.25) is 9.78 Å². The van der Waals surface area contributed by atoms with Gasteiger partial charge < -0.3 is 10.6 Å². The van der Waals surface area contributed by atoms with Crippen molar-refractivity contribution in [1.29, 1.82) is 0 Å². The standard InChI is InChI=1S/C16H17ClN4O3S/c17-12-1-3-13(4-2-12)25(23,24)21-9-7-20(8-10-21)16(22)14-11-19-6-5-15(14)18/h1-6,11H,7-10H2,(H2,18,19). The van der Waals surface area contributed by atoms with Crippen molar-refractivity contribution < 1.29 is 13.2 Å². The number of amides is 1. The number of pyridine rings is 1. The zero-order chi connectivity index (χ0) is 18.0. The van der Waals surface area contributed by atoms with Crippen molar-refractivity contribution >= 4 is 33.2 Å². The molecule has 0 radical (unpaired) electrons. The number of hydrogen-bond acceptors (Lipinski definition) is 5. The van der Waals surface area contributed by atoms with Gasteiger partial charge in [-0.1, -0.05) is 11.6 Å². The Hall–Kier alpha value is -2.16. The Balaban J connectivity index is 1.70. The van der Waals surface area contributed by atoms with Gasteiger partial charge in [0.2, 0.25) is 10.0 Å². The highest BCUT2D eigenvalue weighted by Gasteiger charge is 2.30. The third-order valence-corrected chi connectivity index (χ3v) is 6.23. The van der Waals surface area contributed by atoms with Gasteiger partial charge in [-0.05, 0) is 30.3 Å². The van der Waals surface area contributed by atoms with Crippen molar-refractivity contribution in [3.8, 4) is 0 Å². The predicted molar refractivity (Wildman–Crippen MR) is 94.8 cm³/mol. The quantitative estimate of drug-likeness (QED) is 0.869. The van der Waals surface area contributed by atoms with Crippen LogP contribution in [-0.2, 0) is 10.0 Å². The molecule has 0 atom stereocenters. The molecule has 7 nitrogen and oxygen atoms in total. The molecule has 1 aromatic carbocycles. The minimum Gasteiger partial charge on any atom is -0.398 e. The number of anilines is 1. The molecule has 0 bridgehead atoms. The Morgan fingerprint density at radius 1 is 1.08 bits per heavy atom. The number of nitrogen functional groups attached to an aromatic ring is 1. The lowest BCUT2D eigenvalue weighted by molar-refractivity contribution is 0.0698. The number of carbonyl (C=O) groups is 1. The van der Waals surface area contributed by atoms with Crippen LogP contribution in [-0.4, -0.2) is 54.7 Å². The van der Waals surface area contributed by atoms with Gasteiger partial charge in [-0.2, -0.15) is 4.31 Å². The van der Waals surface area contributed by atoms with E-state index in [0.29, 0.717) is 29.4 Å². The Labute approximate surface area is 151 Å². The second-order valence-electron chi connectivity index (χ2n) is 5.61. The zero-order valence-corrected chi connectivity index (χ0v) is 14.9. The van der Waals surface area contributed by atoms with Crippen molar-refractivity contribution in [3.05, 3.63) is 53.3 Å². The fourth-order valence-corrected chi connectivity index (χ4v) is 4.19. The highest BCUT2D eigenvalue weighted by atomic mass is 35.5. The number of rotatable bonds is 3. The summed E-state index contributed by atoms with van der Waals surface area (Å²) in [6.07, 6.45) is 2.94. The SMILES string of the molecule is Nc1ccncc1C(=O)N1CCN(S(=O)(=O)c2ccc(Cl)cc2)CC1. The van der Waals surface area contributed by atoms with E-state index in [1.165, 1.54) is 28.8 Å². The maximum Gasteiger partial charge on any atom is 0.257 e. The fourth-order valence-electron chi connectivity index (χ4n) is 2.64. The molecule has 1 fully saturated rings. The number of halogens is 1. The second-order valence-corrected chi connectivity index (χ2v) is 7.99. The van der Waals surface area contributed by atoms with Crippen LogP contribution >= 0.6 is 11.6 Å². The summed E-state index contributed by atoms with van der Waals surface area (Å²) in [5.41, 5.74) is 6.50. The molecule has 0 spiro atoms. The molecule has 1 aliphatic heterocycles. The van der Waals surface area contributed by atoms with Gasteiger partial charge in [0.15, 0.2) is 0 Å². The van der Waals surface area contributed by atoms with Crippen LogP contribution < -0.4 is 5.73 Å². The summed E-state index contributed by atoms with van der Waals surface area (Å²) in [5.74, 6) is -0.242. The van der Waals surface area contributed by atoms with E-state index in [1.54, 1.807) is 23.1 Å². The van der Waals surface area contributed by atoms with Gasteiger partial charge in [0, 0.05) is 49.3 Å². The van der Waals surface area contributed by atoms with Gasteiger partial charge in [0.1, 0.15) is 0 Å². The van der Waals surface area contributed by atoms with E-state index in [2.05, 4.69) is 4.98 Å². The van der Waals surface area contributed by atoms with Crippen molar-refractivity contribution in [2.45, 2.75) is 4.90 Å². The summed E-state index contributed by atoms with van der Waals surface area (Å²) in [6, 6.07) is 7.60. The maximum absolute atomic E-state index is 12.6. The van der Waals surface area contributed by atoms with E-state index in [-0.39, 0.29) is 23.9 Å². The van der Waals surface area contributed by atoms with E-state index < -0.39 is 10.0 Å². The predicted octanol–water partition coefficient (Wildman–Crippen LogP) is 1.46. The van der Waals surface area contributed by atoms with Crippen LogP contribution in [0.4, 0.5) is 5.69 Å². The smallest absolute Gasteiger partial charge is 0.257 e. The molecule has 2 N–H and O–H groups in total. The van der Waals surface area contributed by atoms with Crippen LogP contribution in [0.25, 0.3) is 0 Å². The van der Waals surface area contributed by atoms with Gasteiger partial charge in [-0.15, -0.1) is 0 Å². The number of piperazine rings is 1. The number of nitrogens with two attached hydrogens (primary N) is 1. The molecule has 1 aliphatic rings. The lowest BCUT2D eigenvalue weighted by Crippen LogP contribution is -2.50. The lowest BCUT2D eigenvalue weighted by atomic mass is 10.2. The number of hydrogen-bond donors (Lipinski definition) is 1. The minimum absolute atomic E-state index is 0.188. The lowest BCUT2D eigenvalue weighted by Gasteiger charge is -2.34. The summed E-state index contributed by atoms with van der Waals surface area (Å²) in [4.78, 5) is 18.2. The molecule has 0 unspecified atom stereocenters. The molecule has 3 rings (SSSR count). The first-order valence-electron chi connectivity index (χ1n) is 7.64. The Kier molecular flexibility index (Phi) is 4.94. The van der Waals surface area contributed by atoms with E-state index >= 15 is 0 Å². The molecule has 2 aromatic rings. The van der Waals surface area contributed by atoms with Crippen molar-refractivity contribution in [3.63, 3.8) is 0 Å². The van der Waals surface area contributed by atoms with Crippen LogP contribution in [0.3, 0.4) is 0 Å². The van der Waals surface area contributed by atoms with Crippen LogP contribution in [0.2, 0.25) is 5.02 Å². The average Bonchev–Trinajstić information content (AvgIpc) is 2.62. The van der Waals surface area contributed by atoms with Gasteiger partial charge in [0.05, 0.1) is 10.5 Å². The first-order valence-corrected chi connectivity index (χ1v) is 9.46. The van der Waals surface area contributed by atoms with E-state index in [4.69, 9.17) is 17.3 Å². The van der Waals surface area contributed by atoms with Gasteiger partial charge in [0.25, 0.3) is 5.91 Å². The number of carbonyl (C=O) groups excluding carboxylic acids is 1. The van der Waals surface area contributed by atoms with Crippen molar-refractivity contribution in [2.24, 2.45) is 0 Å². The van der Waals surface area contributed by atoms with E-state index in [9.17, 15) is 13.2 Å². The third kappa shape index (κ3) is 3.60. The van der Waals surface area contributed by atoms with Gasteiger partial charge in [-0.25, -0.2) is 8.42 Å². The monoisotopic (exact) mass is 380 g/mol. The number of sulfonamides is 1. The fraction of sp³-hybridized carbons (Fsp3) is 0.250. The van der Waals surface area contributed by atoms with Crippen LogP contribution in [0.15, 0.2) is 47.6 Å². The molecule has 1 amide bonds. The molecule has 9 heteroatoms. The second kappa shape index (κ2) is 6.99. The molecule has 0 aliphatic carbocycles. The summed E-state index contributed by atoms with van der Waals surface area (Å²) >= 11 is 5.80. The zero-order valence-electron chi connectivity index (χ0n) is 13.3. The first kappa shape index (κ1) is 17.7. The highest BCUT2D eigenvalue weighted by molar-refractivity contribution is 7.89. The number of aromatic nitrogens is 1. The number of nitrogens with zero attached hydrogens (tertiary/aromatic N) is 3. The van der Waals surface area contributed by atoms with E-state index in [0.717, 1.165) is 0 Å². The molecular weight excluding hydrogens is 364 g/mol. The van der Waals surface area contributed by atoms with Gasteiger partial charge >= 0.3 is 0 Å². The normalized spacial score (nSPS) is 16.0. The maximum atomic E-state index is 12.6. The average molecular weight is 381 g/mol. The largest absolute Gasteiger partial charge is 0.398 e. The molecule has 2 heterocycles. The molecule has 25 heavy (non-hydrogen) atoms. The molecule has 1 saturated heterocycles. The topological polar surface area (TPSA) is 96.6 Å². The van der Waals surface area contributed by atoms with Crippen LogP contribution in [0.5, 0.6) is 0 Å². The molecule has 1 aromatic heterocycles. The van der Waals surface area contributed by atoms with Crippen molar-refractivity contribution in [1.82, 2.24) is 14.2 Å². The summed E-state index contributed by atoms with van der Waals surface area (Å²) in [5, 5.41) is 0.475. The number of benzene rings is 1. The van der Waals surface area contributed by atoms with Crippen molar-refractivity contribution in [2.75, 3.05) is 31.9 Å². The molecule has 0 saturated carbocycles. The molecular formula is C16H17ClN4O3S. The summed E-state index contributed by atoms with van der Waals surface area (Å²) in [6.45, 7) is 1.02. The van der Waals surface area contributed by atoms with Crippen LogP contribution in [0.1, 0.15) is 10.4 Å². The summed E-state index contributed by atoms with van der Waals surface area (Å²) < 4.78 is 26.7.